The molecule has 27 heavy (non-hydrogen) atoms. The normalized spacial score (nSPS) is 16.4. The Kier molecular flexibility index (Phi) is 5.79. The van der Waals surface area contributed by atoms with Gasteiger partial charge in [0.05, 0.1) is 12.1 Å². The molecule has 2 aromatic rings. The van der Waals surface area contributed by atoms with E-state index in [2.05, 4.69) is 20.4 Å². The second-order valence-corrected chi connectivity index (χ2v) is 6.54. The van der Waals surface area contributed by atoms with Crippen molar-refractivity contribution in [2.75, 3.05) is 19.6 Å². The molecular weight excluding hydrogens is 361 g/mol. The van der Waals surface area contributed by atoms with Crippen LogP contribution < -0.4 is 5.32 Å². The first kappa shape index (κ1) is 19.3. The molecule has 0 bridgehead atoms. The third-order valence-electron chi connectivity index (χ3n) is 4.58. The molecule has 1 amide bonds. The molecule has 1 aromatic heterocycles. The molecule has 0 saturated carbocycles. The highest BCUT2D eigenvalue weighted by Gasteiger charge is 2.31. The fourth-order valence-corrected chi connectivity index (χ4v) is 3.13. The maximum absolute atomic E-state index is 12.8. The molecule has 1 aromatic carbocycles. The molecule has 0 spiro atoms. The predicted molar refractivity (Wildman–Crippen MR) is 91.4 cm³/mol. The Morgan fingerprint density at radius 2 is 2.07 bits per heavy atom. The third-order valence-corrected chi connectivity index (χ3v) is 4.58. The summed E-state index contributed by atoms with van der Waals surface area (Å²) in [5, 5.41) is 6.64. The van der Waals surface area contributed by atoms with Crippen molar-refractivity contribution in [1.82, 2.24) is 20.4 Å². The molecule has 3 rings (SSSR count). The Balaban J connectivity index is 1.60. The van der Waals surface area contributed by atoms with E-state index in [9.17, 15) is 18.0 Å². The smallest absolute Gasteiger partial charge is 0.356 e. The number of likely N-dealkylation sites (tertiary alicyclic amines) is 1. The number of rotatable bonds is 5. The van der Waals surface area contributed by atoms with Crippen LogP contribution in [0, 0.1) is 5.92 Å². The zero-order valence-corrected chi connectivity index (χ0v) is 14.9. The summed E-state index contributed by atoms with van der Waals surface area (Å²) in [4.78, 5) is 18.2. The minimum Gasteiger partial charge on any atom is -0.356 e. The van der Waals surface area contributed by atoms with Crippen LogP contribution in [0.25, 0.3) is 11.4 Å². The maximum Gasteiger partial charge on any atom is 0.416 e. The van der Waals surface area contributed by atoms with Gasteiger partial charge in [-0.1, -0.05) is 17.3 Å². The lowest BCUT2D eigenvalue weighted by Gasteiger charge is -2.30. The first-order chi connectivity index (χ1) is 12.9. The van der Waals surface area contributed by atoms with Crippen molar-refractivity contribution in [3.05, 3.63) is 35.7 Å². The quantitative estimate of drug-likeness (QED) is 0.860. The van der Waals surface area contributed by atoms with E-state index in [-0.39, 0.29) is 23.2 Å². The highest BCUT2D eigenvalue weighted by Crippen LogP contribution is 2.31. The van der Waals surface area contributed by atoms with Gasteiger partial charge in [-0.2, -0.15) is 18.2 Å². The predicted octanol–water partition coefficient (Wildman–Crippen LogP) is 3.10. The van der Waals surface area contributed by atoms with Gasteiger partial charge in [0, 0.05) is 18.0 Å². The Morgan fingerprint density at radius 3 is 2.74 bits per heavy atom. The summed E-state index contributed by atoms with van der Waals surface area (Å²) in [6, 6.07) is 4.85. The molecule has 1 aliphatic rings. The van der Waals surface area contributed by atoms with Gasteiger partial charge < -0.3 is 9.84 Å². The van der Waals surface area contributed by atoms with Gasteiger partial charge in [-0.05, 0) is 45.0 Å². The van der Waals surface area contributed by atoms with Crippen LogP contribution in [-0.4, -0.2) is 40.6 Å². The number of benzene rings is 1. The van der Waals surface area contributed by atoms with E-state index < -0.39 is 11.7 Å². The summed E-state index contributed by atoms with van der Waals surface area (Å²) in [5.41, 5.74) is -0.492. The van der Waals surface area contributed by atoms with Crippen LogP contribution in [0.5, 0.6) is 0 Å². The molecule has 1 aliphatic heterocycles. The van der Waals surface area contributed by atoms with E-state index in [4.69, 9.17) is 4.52 Å². The van der Waals surface area contributed by atoms with Gasteiger partial charge in [-0.25, -0.2) is 0 Å². The van der Waals surface area contributed by atoms with Crippen LogP contribution in [0.2, 0.25) is 0 Å². The van der Waals surface area contributed by atoms with Crippen LogP contribution in [0.1, 0.15) is 31.2 Å². The molecule has 0 radical (unpaired) electrons. The first-order valence-corrected chi connectivity index (χ1v) is 8.87. The van der Waals surface area contributed by atoms with E-state index in [1.165, 1.54) is 12.1 Å². The highest BCUT2D eigenvalue weighted by molar-refractivity contribution is 5.78. The first-order valence-electron chi connectivity index (χ1n) is 8.87. The number of alkyl halides is 3. The van der Waals surface area contributed by atoms with Crippen LogP contribution in [0.15, 0.2) is 28.8 Å². The standard InChI is InChI=1S/C18H21F3N4O2/c1-2-22-17(26)12-6-8-25(9-7-12)11-15-23-16(24-27-15)13-4-3-5-14(10-13)18(19,20)21/h3-5,10,12H,2,6-9,11H2,1H3,(H,22,26). The monoisotopic (exact) mass is 382 g/mol. The molecule has 9 heteroatoms. The second-order valence-electron chi connectivity index (χ2n) is 6.54. The van der Waals surface area contributed by atoms with E-state index >= 15 is 0 Å². The molecule has 6 nitrogen and oxygen atoms in total. The summed E-state index contributed by atoms with van der Waals surface area (Å²) < 4.78 is 43.7. The van der Waals surface area contributed by atoms with Crippen molar-refractivity contribution >= 4 is 5.91 Å². The second kappa shape index (κ2) is 8.08. The van der Waals surface area contributed by atoms with Crippen LogP contribution in [0.3, 0.4) is 0 Å². The van der Waals surface area contributed by atoms with Crippen molar-refractivity contribution in [2.24, 2.45) is 5.92 Å². The number of halogens is 3. The molecule has 1 fully saturated rings. The van der Waals surface area contributed by atoms with Crippen molar-refractivity contribution < 1.29 is 22.5 Å². The van der Waals surface area contributed by atoms with Gasteiger partial charge >= 0.3 is 6.18 Å². The molecule has 0 aliphatic carbocycles. The zero-order chi connectivity index (χ0) is 19.4. The number of carbonyl (C=O) groups excluding carboxylic acids is 1. The topological polar surface area (TPSA) is 71.3 Å². The largest absolute Gasteiger partial charge is 0.416 e. The number of piperidine rings is 1. The summed E-state index contributed by atoms with van der Waals surface area (Å²) in [6.07, 6.45) is -2.92. The van der Waals surface area contributed by atoms with Crippen LogP contribution in [0.4, 0.5) is 13.2 Å². The Hall–Kier alpha value is -2.42. The van der Waals surface area contributed by atoms with E-state index in [1.807, 2.05) is 6.92 Å². The van der Waals surface area contributed by atoms with Crippen molar-refractivity contribution in [1.29, 1.82) is 0 Å². The van der Waals surface area contributed by atoms with Crippen molar-refractivity contribution in [3.8, 4) is 11.4 Å². The fraction of sp³-hybridized carbons (Fsp3) is 0.500. The minimum absolute atomic E-state index is 0.0181. The SMILES string of the molecule is CCNC(=O)C1CCN(Cc2nc(-c3cccc(C(F)(F)F)c3)no2)CC1. The lowest BCUT2D eigenvalue weighted by molar-refractivity contribution is -0.137. The number of amides is 1. The van der Waals surface area contributed by atoms with Gasteiger partial charge in [-0.3, -0.25) is 9.69 Å². The van der Waals surface area contributed by atoms with Crippen molar-refractivity contribution in [3.63, 3.8) is 0 Å². The van der Waals surface area contributed by atoms with Gasteiger partial charge in [0.25, 0.3) is 0 Å². The van der Waals surface area contributed by atoms with Gasteiger partial charge in [0.1, 0.15) is 0 Å². The summed E-state index contributed by atoms with van der Waals surface area (Å²) in [5.74, 6) is 0.582. The number of hydrogen-bond acceptors (Lipinski definition) is 5. The van der Waals surface area contributed by atoms with Gasteiger partial charge in [0.15, 0.2) is 0 Å². The lowest BCUT2D eigenvalue weighted by atomic mass is 9.96. The van der Waals surface area contributed by atoms with E-state index in [1.54, 1.807) is 0 Å². The lowest BCUT2D eigenvalue weighted by Crippen LogP contribution is -2.40. The van der Waals surface area contributed by atoms with Crippen LogP contribution in [-0.2, 0) is 17.5 Å². The molecule has 0 atom stereocenters. The summed E-state index contributed by atoms with van der Waals surface area (Å²) >= 11 is 0. The van der Waals surface area contributed by atoms with Crippen LogP contribution >= 0.6 is 0 Å². The summed E-state index contributed by atoms with van der Waals surface area (Å²) in [7, 11) is 0. The highest BCUT2D eigenvalue weighted by atomic mass is 19.4. The van der Waals surface area contributed by atoms with E-state index in [0.717, 1.165) is 38.1 Å². The third kappa shape index (κ3) is 4.85. The number of aromatic nitrogens is 2. The van der Waals surface area contributed by atoms with Gasteiger partial charge in [-0.15, -0.1) is 0 Å². The zero-order valence-electron chi connectivity index (χ0n) is 14.9. The number of nitrogens with one attached hydrogen (secondary N) is 1. The Labute approximate surface area is 154 Å². The molecule has 1 N–H and O–H groups in total. The fourth-order valence-electron chi connectivity index (χ4n) is 3.13. The number of hydrogen-bond donors (Lipinski definition) is 1. The molecule has 1 saturated heterocycles. The number of nitrogens with zero attached hydrogens (tertiary/aromatic N) is 3. The molecule has 2 heterocycles. The Bertz CT molecular complexity index is 783. The average Bonchev–Trinajstić information content (AvgIpc) is 3.10. The average molecular weight is 382 g/mol. The van der Waals surface area contributed by atoms with E-state index in [0.29, 0.717) is 19.0 Å². The minimum atomic E-state index is -4.42. The molecule has 146 valence electrons. The van der Waals surface area contributed by atoms with Gasteiger partial charge in [0.2, 0.25) is 17.6 Å². The Morgan fingerprint density at radius 1 is 1.33 bits per heavy atom. The number of carbonyl (C=O) groups is 1. The van der Waals surface area contributed by atoms with Crippen molar-refractivity contribution in [2.45, 2.75) is 32.5 Å². The molecule has 0 unspecified atom stereocenters. The molecular formula is C18H21F3N4O2. The maximum atomic E-state index is 12.8. The summed E-state index contributed by atoms with van der Waals surface area (Å²) in [6.45, 7) is 4.38.